The zero-order valence-electron chi connectivity index (χ0n) is 14.8. The first-order valence-electron chi connectivity index (χ1n) is 8.61. The van der Waals surface area contributed by atoms with E-state index in [1.165, 1.54) is 5.56 Å². The molecule has 1 N–H and O–H groups in total. The molecule has 0 saturated heterocycles. The molecule has 1 aliphatic rings. The molecular formula is C20H22N4O. The predicted octanol–water partition coefficient (Wildman–Crippen LogP) is 3.70. The highest BCUT2D eigenvalue weighted by atomic mass is 16.2. The van der Waals surface area contributed by atoms with Crippen LogP contribution in [0.5, 0.6) is 0 Å². The maximum absolute atomic E-state index is 13.0. The van der Waals surface area contributed by atoms with Crippen LogP contribution in [0.1, 0.15) is 44.7 Å². The summed E-state index contributed by atoms with van der Waals surface area (Å²) < 4.78 is 1.65. The fraction of sp³-hybridized carbons (Fsp3) is 0.350. The molecule has 1 fully saturated rings. The largest absolute Gasteiger partial charge is 0.310 e. The minimum absolute atomic E-state index is 0.0269. The Morgan fingerprint density at radius 3 is 2.44 bits per heavy atom. The van der Waals surface area contributed by atoms with Gasteiger partial charge in [0.15, 0.2) is 5.65 Å². The van der Waals surface area contributed by atoms with E-state index in [9.17, 15) is 4.79 Å². The Hall–Kier alpha value is -2.69. The zero-order valence-corrected chi connectivity index (χ0v) is 14.8. The van der Waals surface area contributed by atoms with Gasteiger partial charge in [-0.15, -0.1) is 0 Å². The first kappa shape index (κ1) is 15.8. The maximum Gasteiger partial charge on any atom is 0.236 e. The second-order valence-electron chi connectivity index (χ2n) is 7.79. The number of anilines is 1. The number of fused-ring (bicyclic) bond motifs is 1. The lowest BCUT2D eigenvalue weighted by Crippen LogP contribution is -2.29. The first-order chi connectivity index (χ1) is 11.9. The standard InChI is InChI=1S/C20H22N4O/c1-19(2,3)14-4-6-15(7-5-14)20(10-11-20)18(25)23-17-8-12-21-16-9-13-22-24(16)17/h4-9,12-13H,10-11H2,1-3H3,(H,23,25). The van der Waals surface area contributed by atoms with E-state index < -0.39 is 5.41 Å². The van der Waals surface area contributed by atoms with Gasteiger partial charge < -0.3 is 5.32 Å². The van der Waals surface area contributed by atoms with Gasteiger partial charge in [0.25, 0.3) is 0 Å². The summed E-state index contributed by atoms with van der Waals surface area (Å²) in [5, 5.41) is 7.26. The molecule has 25 heavy (non-hydrogen) atoms. The van der Waals surface area contributed by atoms with E-state index in [0.717, 1.165) is 24.1 Å². The number of hydrogen-bond donors (Lipinski definition) is 1. The second-order valence-corrected chi connectivity index (χ2v) is 7.79. The van der Waals surface area contributed by atoms with Crippen molar-refractivity contribution in [3.63, 3.8) is 0 Å². The minimum atomic E-state index is -0.417. The molecule has 0 atom stereocenters. The van der Waals surface area contributed by atoms with Crippen molar-refractivity contribution in [1.82, 2.24) is 14.6 Å². The van der Waals surface area contributed by atoms with Crippen molar-refractivity contribution in [2.24, 2.45) is 0 Å². The summed E-state index contributed by atoms with van der Waals surface area (Å²) in [7, 11) is 0. The van der Waals surface area contributed by atoms with E-state index in [4.69, 9.17) is 0 Å². The van der Waals surface area contributed by atoms with E-state index in [2.05, 4.69) is 60.4 Å². The lowest BCUT2D eigenvalue weighted by atomic mass is 9.85. The fourth-order valence-corrected chi connectivity index (χ4v) is 3.23. The van der Waals surface area contributed by atoms with Crippen LogP contribution in [-0.2, 0) is 15.6 Å². The van der Waals surface area contributed by atoms with Crippen molar-refractivity contribution in [2.45, 2.75) is 44.4 Å². The number of hydrogen-bond acceptors (Lipinski definition) is 3. The van der Waals surface area contributed by atoms with Gasteiger partial charge in [0.2, 0.25) is 5.91 Å². The Morgan fingerprint density at radius 1 is 1.08 bits per heavy atom. The molecule has 2 aromatic heterocycles. The number of nitrogens with one attached hydrogen (secondary N) is 1. The highest BCUT2D eigenvalue weighted by Gasteiger charge is 2.51. The summed E-state index contributed by atoms with van der Waals surface area (Å²) in [6.07, 6.45) is 5.11. The number of amides is 1. The molecule has 1 amide bonds. The number of carbonyl (C=O) groups is 1. The topological polar surface area (TPSA) is 59.3 Å². The number of rotatable bonds is 3. The van der Waals surface area contributed by atoms with Gasteiger partial charge in [-0.1, -0.05) is 45.0 Å². The molecule has 128 valence electrons. The Morgan fingerprint density at radius 2 is 1.80 bits per heavy atom. The van der Waals surface area contributed by atoms with Crippen LogP contribution in [0.2, 0.25) is 0 Å². The second kappa shape index (κ2) is 5.41. The summed E-state index contributed by atoms with van der Waals surface area (Å²) in [6.45, 7) is 6.58. The van der Waals surface area contributed by atoms with Crippen LogP contribution in [0.15, 0.2) is 48.8 Å². The highest BCUT2D eigenvalue weighted by molar-refractivity contribution is 6.01. The van der Waals surface area contributed by atoms with Gasteiger partial charge in [0, 0.05) is 12.3 Å². The van der Waals surface area contributed by atoms with Crippen LogP contribution in [-0.4, -0.2) is 20.5 Å². The zero-order chi connectivity index (χ0) is 17.7. The first-order valence-corrected chi connectivity index (χ1v) is 8.61. The molecule has 1 saturated carbocycles. The number of aromatic nitrogens is 3. The van der Waals surface area contributed by atoms with Gasteiger partial charge in [-0.3, -0.25) is 4.79 Å². The van der Waals surface area contributed by atoms with Crippen molar-refractivity contribution < 1.29 is 4.79 Å². The van der Waals surface area contributed by atoms with Crippen LogP contribution in [0.3, 0.4) is 0 Å². The quantitative estimate of drug-likeness (QED) is 0.794. The predicted molar refractivity (Wildman–Crippen MR) is 97.7 cm³/mol. The third-order valence-electron chi connectivity index (χ3n) is 5.02. The van der Waals surface area contributed by atoms with Crippen molar-refractivity contribution in [1.29, 1.82) is 0 Å². The molecule has 0 bridgehead atoms. The van der Waals surface area contributed by atoms with Gasteiger partial charge in [-0.25, -0.2) is 4.98 Å². The summed E-state index contributed by atoms with van der Waals surface area (Å²) in [6, 6.07) is 12.1. The van der Waals surface area contributed by atoms with Crippen LogP contribution in [0.25, 0.3) is 5.65 Å². The number of carbonyl (C=O) groups excluding carboxylic acids is 1. The fourth-order valence-electron chi connectivity index (χ4n) is 3.23. The van der Waals surface area contributed by atoms with Crippen LogP contribution < -0.4 is 5.32 Å². The van der Waals surface area contributed by atoms with Crippen molar-refractivity contribution >= 4 is 17.4 Å². The summed E-state index contributed by atoms with van der Waals surface area (Å²) in [5.41, 5.74) is 2.78. The van der Waals surface area contributed by atoms with Crippen LogP contribution >= 0.6 is 0 Å². The van der Waals surface area contributed by atoms with Crippen LogP contribution in [0.4, 0.5) is 5.82 Å². The Balaban J connectivity index is 1.60. The highest BCUT2D eigenvalue weighted by Crippen LogP contribution is 2.49. The van der Waals surface area contributed by atoms with E-state index in [0.29, 0.717) is 5.82 Å². The summed E-state index contributed by atoms with van der Waals surface area (Å²) in [5.74, 6) is 0.677. The molecule has 4 rings (SSSR count). The molecule has 3 aromatic rings. The third kappa shape index (κ3) is 2.69. The van der Waals surface area contributed by atoms with Gasteiger partial charge in [0.1, 0.15) is 5.82 Å². The molecule has 0 spiro atoms. The van der Waals surface area contributed by atoms with E-state index in [1.54, 1.807) is 23.0 Å². The number of benzene rings is 1. The monoisotopic (exact) mass is 334 g/mol. The smallest absolute Gasteiger partial charge is 0.236 e. The van der Waals surface area contributed by atoms with Gasteiger partial charge in [-0.2, -0.15) is 9.61 Å². The molecule has 0 unspecified atom stereocenters. The molecule has 0 aliphatic heterocycles. The molecule has 0 radical (unpaired) electrons. The lowest BCUT2D eigenvalue weighted by molar-refractivity contribution is -0.118. The van der Waals surface area contributed by atoms with Crippen LogP contribution in [0, 0.1) is 0 Å². The molecule has 5 nitrogen and oxygen atoms in total. The van der Waals surface area contributed by atoms with Crippen molar-refractivity contribution in [3.05, 3.63) is 59.9 Å². The average molecular weight is 334 g/mol. The normalized spacial score (nSPS) is 16.0. The molecule has 1 aromatic carbocycles. The van der Waals surface area contributed by atoms with E-state index in [-0.39, 0.29) is 11.3 Å². The van der Waals surface area contributed by atoms with Gasteiger partial charge in [-0.05, 0) is 35.4 Å². The molecular weight excluding hydrogens is 312 g/mol. The summed E-state index contributed by atoms with van der Waals surface area (Å²) in [4.78, 5) is 17.2. The molecule has 1 aliphatic carbocycles. The Kier molecular flexibility index (Phi) is 3.42. The lowest BCUT2D eigenvalue weighted by Gasteiger charge is -2.21. The summed E-state index contributed by atoms with van der Waals surface area (Å²) >= 11 is 0. The minimum Gasteiger partial charge on any atom is -0.310 e. The van der Waals surface area contributed by atoms with Gasteiger partial charge in [0.05, 0.1) is 11.6 Å². The molecule has 2 heterocycles. The van der Waals surface area contributed by atoms with Crippen molar-refractivity contribution in [3.8, 4) is 0 Å². The van der Waals surface area contributed by atoms with Gasteiger partial charge >= 0.3 is 0 Å². The van der Waals surface area contributed by atoms with E-state index in [1.807, 2.05) is 6.07 Å². The van der Waals surface area contributed by atoms with Crippen molar-refractivity contribution in [2.75, 3.05) is 5.32 Å². The Labute approximate surface area is 147 Å². The molecule has 5 heteroatoms. The SMILES string of the molecule is CC(C)(C)c1ccc(C2(C(=O)Nc3ccnc4ccnn34)CC2)cc1. The third-order valence-corrected chi connectivity index (χ3v) is 5.02. The maximum atomic E-state index is 13.0. The Bertz CT molecular complexity index is 930. The van der Waals surface area contributed by atoms with E-state index >= 15 is 0 Å². The number of nitrogens with zero attached hydrogens (tertiary/aromatic N) is 3. The average Bonchev–Trinajstić information content (AvgIpc) is 3.25.